The Bertz CT molecular complexity index is 2190. The summed E-state index contributed by atoms with van der Waals surface area (Å²) < 4.78 is 42.4. The van der Waals surface area contributed by atoms with E-state index >= 15 is 0 Å². The SMILES string of the molecule is COc1cc(N=O)cc(OC)c1OC.COc1cc(NC(=O)N[C@@H]2COC[C@H]2N2CCN(Cc3ccc(Cl)cc3)CC2)cc(OC)c1OC.Cl.Cl.N[C@@H]1COC[C@H]1N1CCN(Cc2ccc(Cl)cc2)CC1. The first-order chi connectivity index (χ1) is 33.5. The maximum atomic E-state index is 12.8. The van der Waals surface area contributed by atoms with Crippen molar-refractivity contribution < 1.29 is 42.7 Å². The van der Waals surface area contributed by atoms with Crippen molar-refractivity contribution in [2.24, 2.45) is 10.9 Å². The molecule has 0 radical (unpaired) electrons. The minimum absolute atomic E-state index is 0. The minimum atomic E-state index is -0.304. The molecular formula is C49H68Cl4N8O10. The van der Waals surface area contributed by atoms with Crippen LogP contribution in [0.15, 0.2) is 78.0 Å². The Labute approximate surface area is 439 Å². The minimum Gasteiger partial charge on any atom is -0.493 e. The Balaban J connectivity index is 0.000000256. The van der Waals surface area contributed by atoms with E-state index in [4.69, 9.17) is 66.8 Å². The second-order valence-corrected chi connectivity index (χ2v) is 17.7. The van der Waals surface area contributed by atoms with Gasteiger partial charge in [-0.05, 0) is 40.6 Å². The predicted molar refractivity (Wildman–Crippen MR) is 282 cm³/mol. The highest BCUT2D eigenvalue weighted by atomic mass is 35.5. The molecule has 22 heteroatoms. The van der Waals surface area contributed by atoms with Gasteiger partial charge in [-0.3, -0.25) is 19.6 Å². The highest BCUT2D eigenvalue weighted by molar-refractivity contribution is 6.30. The van der Waals surface area contributed by atoms with Crippen LogP contribution in [-0.2, 0) is 22.6 Å². The van der Waals surface area contributed by atoms with Gasteiger partial charge >= 0.3 is 6.03 Å². The van der Waals surface area contributed by atoms with Gasteiger partial charge in [-0.25, -0.2) is 4.79 Å². The molecule has 0 bridgehead atoms. The van der Waals surface area contributed by atoms with Gasteiger partial charge in [0.2, 0.25) is 11.5 Å². The number of amides is 2. The van der Waals surface area contributed by atoms with E-state index in [0.29, 0.717) is 66.0 Å². The smallest absolute Gasteiger partial charge is 0.319 e. The summed E-state index contributed by atoms with van der Waals surface area (Å²) in [5.74, 6) is 2.70. The molecular weight excluding hydrogens is 1000 g/mol. The molecule has 4 aliphatic rings. The molecule has 392 valence electrons. The van der Waals surface area contributed by atoms with Gasteiger partial charge in [0.1, 0.15) is 5.69 Å². The van der Waals surface area contributed by atoms with E-state index in [1.807, 2.05) is 24.3 Å². The maximum absolute atomic E-state index is 12.8. The molecule has 4 aromatic rings. The quantitative estimate of drug-likeness (QED) is 0.102. The summed E-state index contributed by atoms with van der Waals surface area (Å²) in [4.78, 5) is 33.0. The molecule has 0 saturated carbocycles. The lowest BCUT2D eigenvalue weighted by Gasteiger charge is -2.39. The lowest BCUT2D eigenvalue weighted by Crippen LogP contribution is -2.57. The second-order valence-electron chi connectivity index (χ2n) is 16.8. The third-order valence-electron chi connectivity index (χ3n) is 12.5. The molecule has 71 heavy (non-hydrogen) atoms. The summed E-state index contributed by atoms with van der Waals surface area (Å²) in [6.45, 7) is 12.6. The highest BCUT2D eigenvalue weighted by Gasteiger charge is 2.36. The van der Waals surface area contributed by atoms with Gasteiger partial charge in [0.15, 0.2) is 23.0 Å². The highest BCUT2D eigenvalue weighted by Crippen LogP contribution is 2.41. The van der Waals surface area contributed by atoms with E-state index in [2.05, 4.69) is 59.7 Å². The molecule has 4 saturated heterocycles. The number of benzene rings is 4. The van der Waals surface area contributed by atoms with E-state index in [-0.39, 0.29) is 54.7 Å². The lowest BCUT2D eigenvalue weighted by molar-refractivity contribution is 0.0774. The number of rotatable bonds is 15. The number of anilines is 1. The maximum Gasteiger partial charge on any atom is 0.319 e. The van der Waals surface area contributed by atoms with Crippen molar-refractivity contribution in [2.45, 2.75) is 37.3 Å². The number of nitrogens with one attached hydrogen (secondary N) is 2. The lowest BCUT2D eigenvalue weighted by atomic mass is 10.1. The number of nitrogens with two attached hydrogens (primary N) is 1. The number of nitroso groups, excluding NO2 is 1. The molecule has 4 atom stereocenters. The number of carbonyl (C=O) groups excluding carboxylic acids is 1. The van der Waals surface area contributed by atoms with Crippen molar-refractivity contribution >= 4 is 65.4 Å². The second kappa shape index (κ2) is 29.8. The third-order valence-corrected chi connectivity index (χ3v) is 13.0. The van der Waals surface area contributed by atoms with Crippen LogP contribution in [0.3, 0.4) is 0 Å². The van der Waals surface area contributed by atoms with Crippen LogP contribution in [0.1, 0.15) is 11.1 Å². The Morgan fingerprint density at radius 3 is 1.41 bits per heavy atom. The Morgan fingerprint density at radius 2 is 1.01 bits per heavy atom. The molecule has 4 aliphatic heterocycles. The van der Waals surface area contributed by atoms with Crippen LogP contribution in [0.5, 0.6) is 34.5 Å². The summed E-state index contributed by atoms with van der Waals surface area (Å²) in [7, 11) is 9.07. The van der Waals surface area contributed by atoms with Crippen LogP contribution >= 0.6 is 48.0 Å². The standard InChI is InChI=1S/C25H33ClN4O5.C15H22ClN3O.C9H11NO4.2ClH/c1-32-22-12-19(13-23(33-2)24(22)34-3)27-25(31)28-20-15-35-16-21(20)30-10-8-29(9-11-30)14-17-4-6-18(26)7-5-17;16-13-3-1-12(2-4-13)9-18-5-7-19(8-6-18)15-11-20-10-14(15)17;1-12-7-4-6(10-11)5-8(13-2)9(7)14-3;;/h4-7,12-13,20-21H,8-11,14-16H2,1-3H3,(H2,27,28,31);1-4,14-15H,5-11,17H2;4-5H,1-3H3;2*1H/t20-,21-;14-,15-;;;/m11.../s1. The summed E-state index contributed by atoms with van der Waals surface area (Å²) >= 11 is 11.9. The molecule has 2 amide bonds. The molecule has 0 aromatic heterocycles. The van der Waals surface area contributed by atoms with Gasteiger partial charge in [-0.1, -0.05) is 47.5 Å². The van der Waals surface area contributed by atoms with Gasteiger partial charge in [-0.15, -0.1) is 29.7 Å². The Hall–Kier alpha value is -4.57. The van der Waals surface area contributed by atoms with Gasteiger partial charge in [-0.2, -0.15) is 0 Å². The fourth-order valence-corrected chi connectivity index (χ4v) is 9.04. The molecule has 0 unspecified atom stereocenters. The molecule has 4 fully saturated rings. The first-order valence-corrected chi connectivity index (χ1v) is 23.6. The number of ether oxygens (including phenoxy) is 8. The number of methoxy groups -OCH3 is 6. The predicted octanol–water partition coefficient (Wildman–Crippen LogP) is 7.21. The number of piperazine rings is 2. The number of carbonyl (C=O) groups is 1. The average Bonchev–Trinajstić information content (AvgIpc) is 4.03. The zero-order valence-electron chi connectivity index (χ0n) is 41.1. The molecule has 0 spiro atoms. The normalized spacial score (nSPS) is 20.3. The summed E-state index contributed by atoms with van der Waals surface area (Å²) in [6.07, 6.45) is 0. The Kier molecular flexibility index (Phi) is 24.8. The fraction of sp³-hybridized carbons (Fsp3) is 0.490. The molecule has 8 rings (SSSR count). The molecule has 4 aromatic carbocycles. The van der Waals surface area contributed by atoms with Crippen molar-refractivity contribution in [3.8, 4) is 34.5 Å². The number of nitrogens with zero attached hydrogens (tertiary/aromatic N) is 5. The van der Waals surface area contributed by atoms with Crippen LogP contribution in [-0.4, -0.2) is 171 Å². The number of hydrogen-bond donors (Lipinski definition) is 3. The van der Waals surface area contributed by atoms with Crippen LogP contribution in [0.25, 0.3) is 0 Å². The van der Waals surface area contributed by atoms with Crippen molar-refractivity contribution in [1.29, 1.82) is 0 Å². The van der Waals surface area contributed by atoms with Crippen molar-refractivity contribution in [3.63, 3.8) is 0 Å². The molecule has 4 N–H and O–H groups in total. The first kappa shape index (κ1) is 59.0. The largest absolute Gasteiger partial charge is 0.493 e. The summed E-state index contributed by atoms with van der Waals surface area (Å²) in [6, 6.07) is 22.8. The number of hydrogen-bond acceptors (Lipinski definition) is 16. The van der Waals surface area contributed by atoms with E-state index < -0.39 is 0 Å². The van der Waals surface area contributed by atoms with Crippen LogP contribution in [0.2, 0.25) is 10.0 Å². The van der Waals surface area contributed by atoms with E-state index in [0.717, 1.165) is 82.1 Å². The van der Waals surface area contributed by atoms with E-state index in [9.17, 15) is 9.70 Å². The zero-order chi connectivity index (χ0) is 49.3. The molecule has 18 nitrogen and oxygen atoms in total. The van der Waals surface area contributed by atoms with E-state index in [1.165, 1.54) is 65.9 Å². The fourth-order valence-electron chi connectivity index (χ4n) is 8.79. The monoisotopic (exact) mass is 1070 g/mol. The van der Waals surface area contributed by atoms with Gasteiger partial charge < -0.3 is 54.3 Å². The summed E-state index contributed by atoms with van der Waals surface area (Å²) in [5, 5.41) is 10.3. The summed E-state index contributed by atoms with van der Waals surface area (Å²) in [5.41, 5.74) is 9.45. The van der Waals surface area contributed by atoms with Gasteiger partial charge in [0, 0.05) is 106 Å². The zero-order valence-corrected chi connectivity index (χ0v) is 44.3. The van der Waals surface area contributed by atoms with Gasteiger partial charge in [0.25, 0.3) is 0 Å². The average molecular weight is 1070 g/mol. The van der Waals surface area contributed by atoms with Crippen molar-refractivity contribution in [3.05, 3.63) is 98.9 Å². The molecule has 4 heterocycles. The third kappa shape index (κ3) is 16.7. The first-order valence-electron chi connectivity index (χ1n) is 22.8. The van der Waals surface area contributed by atoms with E-state index in [1.54, 1.807) is 12.1 Å². The van der Waals surface area contributed by atoms with Crippen molar-refractivity contribution in [2.75, 3.05) is 127 Å². The van der Waals surface area contributed by atoms with Gasteiger partial charge in [0.05, 0.1) is 92.9 Å². The van der Waals surface area contributed by atoms with Crippen molar-refractivity contribution in [1.82, 2.24) is 24.9 Å². The number of halogens is 4. The van der Waals surface area contributed by atoms with Crippen LogP contribution in [0.4, 0.5) is 16.2 Å². The Morgan fingerprint density at radius 1 is 0.606 bits per heavy atom. The van der Waals surface area contributed by atoms with Crippen LogP contribution < -0.4 is 44.8 Å². The van der Waals surface area contributed by atoms with Crippen LogP contribution in [0, 0.1) is 4.91 Å². The number of urea groups is 1. The topological polar surface area (TPSA) is 183 Å². The molecule has 0 aliphatic carbocycles.